The van der Waals surface area contributed by atoms with E-state index in [-0.39, 0.29) is 16.5 Å². The van der Waals surface area contributed by atoms with E-state index in [0.29, 0.717) is 5.69 Å². The van der Waals surface area contributed by atoms with E-state index in [1.807, 2.05) is 20.8 Å². The lowest BCUT2D eigenvalue weighted by molar-refractivity contribution is 0.0659. The highest BCUT2D eigenvalue weighted by molar-refractivity contribution is 6.27. The van der Waals surface area contributed by atoms with Crippen LogP contribution < -0.4 is 0 Å². The van der Waals surface area contributed by atoms with Gasteiger partial charge in [-0.3, -0.25) is 0 Å². The Kier molecular flexibility index (Phi) is 2.34. The molecule has 0 amide bonds. The largest absolute Gasteiger partial charge is 0.475 e. The van der Waals surface area contributed by atoms with Gasteiger partial charge in [-0.1, -0.05) is 20.8 Å². The van der Waals surface area contributed by atoms with E-state index in [9.17, 15) is 4.79 Å². The van der Waals surface area contributed by atoms with Gasteiger partial charge in [0.2, 0.25) is 5.76 Å². The summed E-state index contributed by atoms with van der Waals surface area (Å²) in [6.45, 7) is 5.52. The van der Waals surface area contributed by atoms with E-state index in [4.69, 9.17) is 21.1 Å². The molecule has 0 aromatic carbocycles. The minimum Gasteiger partial charge on any atom is -0.475 e. The molecule has 0 radical (unpaired) electrons. The molecule has 1 aromatic rings. The van der Waals surface area contributed by atoms with Crippen molar-refractivity contribution in [3.63, 3.8) is 0 Å². The quantitative estimate of drug-likeness (QED) is 0.761. The monoisotopic (exact) mass is 203 g/mol. The third kappa shape index (κ3) is 2.01. The highest BCUT2D eigenvalue weighted by Crippen LogP contribution is 2.27. The minimum atomic E-state index is -1.15. The Bertz CT molecular complexity index is 338. The van der Waals surface area contributed by atoms with Crippen LogP contribution in [0.3, 0.4) is 0 Å². The van der Waals surface area contributed by atoms with Gasteiger partial charge in [-0.25, -0.2) is 9.78 Å². The fourth-order valence-electron chi connectivity index (χ4n) is 0.947. The van der Waals surface area contributed by atoms with Gasteiger partial charge < -0.3 is 9.52 Å². The van der Waals surface area contributed by atoms with Gasteiger partial charge in [0.05, 0.1) is 0 Å². The third-order valence-corrected chi connectivity index (χ3v) is 1.67. The van der Waals surface area contributed by atoms with Crippen molar-refractivity contribution in [2.75, 3.05) is 0 Å². The van der Waals surface area contributed by atoms with Gasteiger partial charge in [-0.15, -0.1) is 0 Å². The maximum atomic E-state index is 10.7. The van der Waals surface area contributed by atoms with Crippen LogP contribution in [0.5, 0.6) is 0 Å². The Morgan fingerprint density at radius 2 is 2.08 bits per heavy atom. The zero-order valence-corrected chi connectivity index (χ0v) is 8.34. The molecule has 0 saturated heterocycles. The van der Waals surface area contributed by atoms with E-state index < -0.39 is 5.97 Å². The first-order chi connectivity index (χ1) is 5.82. The second kappa shape index (κ2) is 3.03. The van der Waals surface area contributed by atoms with E-state index in [1.165, 1.54) is 0 Å². The Hall–Kier alpha value is -1.03. The number of oxazole rings is 1. The first-order valence-electron chi connectivity index (χ1n) is 3.72. The molecule has 0 unspecified atom stereocenters. The molecule has 1 N–H and O–H groups in total. The molecule has 72 valence electrons. The van der Waals surface area contributed by atoms with Crippen molar-refractivity contribution in [3.05, 3.63) is 16.8 Å². The molecule has 0 saturated carbocycles. The van der Waals surface area contributed by atoms with Crippen LogP contribution in [0.25, 0.3) is 0 Å². The highest BCUT2D eigenvalue weighted by atomic mass is 35.5. The molecule has 0 spiro atoms. The Labute approximate surface area is 80.5 Å². The van der Waals surface area contributed by atoms with Crippen LogP contribution in [0.1, 0.15) is 37.0 Å². The molecule has 0 aliphatic heterocycles. The van der Waals surface area contributed by atoms with Crippen molar-refractivity contribution in [3.8, 4) is 0 Å². The van der Waals surface area contributed by atoms with Gasteiger partial charge in [-0.2, -0.15) is 0 Å². The number of nitrogens with zero attached hydrogens (tertiary/aromatic N) is 1. The molecule has 0 atom stereocenters. The molecule has 1 rings (SSSR count). The average molecular weight is 204 g/mol. The summed E-state index contributed by atoms with van der Waals surface area (Å²) in [4.78, 5) is 14.5. The lowest BCUT2D eigenvalue weighted by atomic mass is 9.91. The van der Waals surface area contributed by atoms with E-state index in [2.05, 4.69) is 4.98 Å². The van der Waals surface area contributed by atoms with Gasteiger partial charge >= 0.3 is 5.97 Å². The van der Waals surface area contributed by atoms with Crippen LogP contribution in [0.4, 0.5) is 0 Å². The summed E-state index contributed by atoms with van der Waals surface area (Å²) in [5, 5.41) is 8.61. The van der Waals surface area contributed by atoms with Gasteiger partial charge in [0.15, 0.2) is 0 Å². The number of hydrogen-bond acceptors (Lipinski definition) is 3. The standard InChI is InChI=1S/C8H10ClNO3/c1-8(2,3)5-4(6(11)12)13-7(9)10-5/h1-3H3,(H,11,12). The molecule has 0 aliphatic rings. The lowest BCUT2D eigenvalue weighted by Crippen LogP contribution is -2.16. The molecular weight excluding hydrogens is 194 g/mol. The average Bonchev–Trinajstić information content (AvgIpc) is 2.29. The van der Waals surface area contributed by atoms with Crippen LogP contribution in [-0.4, -0.2) is 16.1 Å². The normalized spacial score (nSPS) is 11.7. The first-order valence-corrected chi connectivity index (χ1v) is 4.10. The van der Waals surface area contributed by atoms with Crippen molar-refractivity contribution in [1.29, 1.82) is 0 Å². The van der Waals surface area contributed by atoms with Crippen molar-refractivity contribution in [2.45, 2.75) is 26.2 Å². The second-order valence-electron chi connectivity index (χ2n) is 3.70. The molecule has 0 aliphatic carbocycles. The Balaban J connectivity index is 3.28. The molecule has 5 heteroatoms. The summed E-state index contributed by atoms with van der Waals surface area (Å²) in [6.07, 6.45) is 0. The van der Waals surface area contributed by atoms with Gasteiger partial charge in [-0.05, 0) is 11.6 Å². The summed E-state index contributed by atoms with van der Waals surface area (Å²) < 4.78 is 4.76. The Morgan fingerprint density at radius 1 is 1.54 bits per heavy atom. The van der Waals surface area contributed by atoms with Gasteiger partial charge in [0.25, 0.3) is 5.35 Å². The zero-order valence-electron chi connectivity index (χ0n) is 7.59. The molecule has 0 fully saturated rings. The number of halogens is 1. The summed E-state index contributed by atoms with van der Waals surface area (Å²) in [5.41, 5.74) is -0.0188. The van der Waals surface area contributed by atoms with Crippen LogP contribution in [0.15, 0.2) is 4.42 Å². The zero-order chi connectivity index (χ0) is 10.2. The van der Waals surface area contributed by atoms with Crippen molar-refractivity contribution in [2.24, 2.45) is 0 Å². The van der Waals surface area contributed by atoms with Crippen LogP contribution in [0.2, 0.25) is 5.35 Å². The summed E-state index contributed by atoms with van der Waals surface area (Å²) >= 11 is 5.47. The predicted molar refractivity (Wildman–Crippen MR) is 47.2 cm³/mol. The van der Waals surface area contributed by atoms with Crippen molar-refractivity contribution < 1.29 is 14.3 Å². The molecule has 0 bridgehead atoms. The molecule has 13 heavy (non-hydrogen) atoms. The minimum absolute atomic E-state index is 0.137. The van der Waals surface area contributed by atoms with Gasteiger partial charge in [0, 0.05) is 5.41 Å². The van der Waals surface area contributed by atoms with Crippen LogP contribution >= 0.6 is 11.6 Å². The molecule has 4 nitrogen and oxygen atoms in total. The predicted octanol–water partition coefficient (Wildman–Crippen LogP) is 2.32. The van der Waals surface area contributed by atoms with Crippen molar-refractivity contribution in [1.82, 2.24) is 4.98 Å². The molecule has 1 heterocycles. The number of aromatic carboxylic acids is 1. The highest BCUT2D eigenvalue weighted by Gasteiger charge is 2.28. The number of carboxylic acid groups (broad SMARTS) is 1. The number of carbonyl (C=O) groups is 1. The first kappa shape index (κ1) is 10.1. The maximum absolute atomic E-state index is 10.7. The number of hydrogen-bond donors (Lipinski definition) is 1. The maximum Gasteiger partial charge on any atom is 0.373 e. The SMILES string of the molecule is CC(C)(C)c1nc(Cl)oc1C(=O)O. The second-order valence-corrected chi connectivity index (χ2v) is 4.02. The van der Waals surface area contributed by atoms with E-state index in [0.717, 1.165) is 0 Å². The number of rotatable bonds is 1. The summed E-state index contributed by atoms with van der Waals surface area (Å²) in [7, 11) is 0. The fraction of sp³-hybridized carbons (Fsp3) is 0.500. The number of carboxylic acids is 1. The van der Waals surface area contributed by atoms with E-state index >= 15 is 0 Å². The third-order valence-electron chi connectivity index (χ3n) is 1.51. The fourth-order valence-corrected chi connectivity index (χ4v) is 1.11. The number of aromatic nitrogens is 1. The van der Waals surface area contributed by atoms with Crippen LogP contribution in [0, 0.1) is 0 Å². The summed E-state index contributed by atoms with van der Waals surface area (Å²) in [6, 6.07) is 0. The lowest BCUT2D eigenvalue weighted by Gasteiger charge is -2.14. The van der Waals surface area contributed by atoms with E-state index in [1.54, 1.807) is 0 Å². The topological polar surface area (TPSA) is 63.3 Å². The molecule has 1 aromatic heterocycles. The van der Waals surface area contributed by atoms with Crippen LogP contribution in [-0.2, 0) is 5.41 Å². The smallest absolute Gasteiger partial charge is 0.373 e. The van der Waals surface area contributed by atoms with Gasteiger partial charge in [0.1, 0.15) is 5.69 Å². The molecular formula is C8H10ClNO3. The van der Waals surface area contributed by atoms with Crippen molar-refractivity contribution >= 4 is 17.6 Å². The summed E-state index contributed by atoms with van der Waals surface area (Å²) in [5.74, 6) is -1.33. The Morgan fingerprint density at radius 3 is 2.38 bits per heavy atom.